The number of aryl methyl sites for hydroxylation is 3. The second-order valence-electron chi connectivity index (χ2n) is 9.27. The van der Waals surface area contributed by atoms with Crippen LogP contribution in [0.5, 0.6) is 17.2 Å². The summed E-state index contributed by atoms with van der Waals surface area (Å²) in [6.45, 7) is 5.58. The number of ether oxygens (including phenoxy) is 3. The predicted octanol–water partition coefficient (Wildman–Crippen LogP) is 4.58. The molecule has 1 aromatic heterocycles. The molecule has 192 valence electrons. The predicted molar refractivity (Wildman–Crippen MR) is 141 cm³/mol. The minimum atomic E-state index is -3.98. The Kier molecular flexibility index (Phi) is 6.43. The lowest BCUT2D eigenvalue weighted by molar-refractivity contribution is 0.174. The van der Waals surface area contributed by atoms with E-state index in [1.54, 1.807) is 51.3 Å². The molecule has 37 heavy (non-hydrogen) atoms. The third-order valence-electron chi connectivity index (χ3n) is 6.48. The molecule has 9 heteroatoms. The van der Waals surface area contributed by atoms with Gasteiger partial charge in [-0.05, 0) is 73.2 Å². The van der Waals surface area contributed by atoms with Crippen molar-refractivity contribution in [1.82, 2.24) is 9.29 Å². The Morgan fingerprint density at radius 1 is 0.919 bits per heavy atom. The molecule has 0 saturated heterocycles. The summed E-state index contributed by atoms with van der Waals surface area (Å²) in [5, 5.41) is 0.776. The van der Waals surface area contributed by atoms with Crippen molar-refractivity contribution in [3.8, 4) is 17.2 Å². The zero-order valence-electron chi connectivity index (χ0n) is 21.1. The molecule has 2 heterocycles. The van der Waals surface area contributed by atoms with Gasteiger partial charge in [0.1, 0.15) is 5.75 Å². The SMILES string of the molecule is COc1ccc2cc(CN(Cc3ccc4c(c3)OCO4)S(=O)(=O)c3c(C)cc(C)cc3C)c(=O)[nH]c2c1. The Labute approximate surface area is 215 Å². The first-order valence-electron chi connectivity index (χ1n) is 11.8. The molecule has 1 aliphatic heterocycles. The molecule has 0 fully saturated rings. The van der Waals surface area contributed by atoms with E-state index in [1.807, 2.05) is 31.2 Å². The molecule has 0 aliphatic carbocycles. The van der Waals surface area contributed by atoms with Crippen molar-refractivity contribution in [3.63, 3.8) is 0 Å². The first kappa shape index (κ1) is 24.9. The number of benzene rings is 3. The highest BCUT2D eigenvalue weighted by Gasteiger charge is 2.30. The molecule has 3 aromatic carbocycles. The molecule has 0 spiro atoms. The number of sulfonamides is 1. The molecule has 0 saturated carbocycles. The zero-order chi connectivity index (χ0) is 26.3. The van der Waals surface area contributed by atoms with Crippen LogP contribution in [-0.4, -0.2) is 31.6 Å². The molecule has 0 radical (unpaired) electrons. The largest absolute Gasteiger partial charge is 0.497 e. The molecule has 1 N–H and O–H groups in total. The molecule has 4 aromatic rings. The Morgan fingerprint density at radius 3 is 2.38 bits per heavy atom. The number of methoxy groups -OCH3 is 1. The van der Waals surface area contributed by atoms with Gasteiger partial charge in [0.15, 0.2) is 11.5 Å². The van der Waals surface area contributed by atoms with Crippen molar-refractivity contribution >= 4 is 20.9 Å². The molecule has 5 rings (SSSR count). The normalized spacial score (nSPS) is 12.9. The summed E-state index contributed by atoms with van der Waals surface area (Å²) in [5.74, 6) is 1.80. The van der Waals surface area contributed by atoms with Crippen molar-refractivity contribution in [1.29, 1.82) is 0 Å². The van der Waals surface area contributed by atoms with Gasteiger partial charge in [-0.2, -0.15) is 4.31 Å². The minimum Gasteiger partial charge on any atom is -0.497 e. The lowest BCUT2D eigenvalue weighted by Crippen LogP contribution is -2.33. The van der Waals surface area contributed by atoms with E-state index in [2.05, 4.69) is 4.98 Å². The van der Waals surface area contributed by atoms with Crippen LogP contribution in [0.25, 0.3) is 10.9 Å². The van der Waals surface area contributed by atoms with Crippen LogP contribution in [0.15, 0.2) is 64.3 Å². The maximum Gasteiger partial charge on any atom is 0.252 e. The Bertz CT molecular complexity index is 1650. The average molecular weight is 521 g/mol. The monoisotopic (exact) mass is 520 g/mol. The molecule has 0 amide bonds. The van der Waals surface area contributed by atoms with E-state index < -0.39 is 10.0 Å². The van der Waals surface area contributed by atoms with Gasteiger partial charge < -0.3 is 19.2 Å². The molecule has 1 aliphatic rings. The van der Waals surface area contributed by atoms with Crippen LogP contribution in [0.1, 0.15) is 27.8 Å². The average Bonchev–Trinajstić information content (AvgIpc) is 3.30. The van der Waals surface area contributed by atoms with Gasteiger partial charge in [-0.25, -0.2) is 8.42 Å². The maximum absolute atomic E-state index is 14.1. The molecular weight excluding hydrogens is 492 g/mol. The number of rotatable bonds is 7. The summed E-state index contributed by atoms with van der Waals surface area (Å²) in [4.78, 5) is 16.2. The standard InChI is InChI=1S/C28H28N2O6S/c1-17-9-18(2)27(19(3)10-17)37(32,33)30(14-20-5-8-25-26(11-20)36-16-35-25)15-22-12-21-6-7-23(34-4)13-24(21)29-28(22)31/h5-13H,14-16H2,1-4H3,(H,29,31). The van der Waals surface area contributed by atoms with Crippen LogP contribution < -0.4 is 19.8 Å². The quantitative estimate of drug-likeness (QED) is 0.383. The number of aromatic nitrogens is 1. The first-order valence-corrected chi connectivity index (χ1v) is 13.3. The summed E-state index contributed by atoms with van der Waals surface area (Å²) in [5.41, 5.74) is 3.62. The Balaban J connectivity index is 1.59. The van der Waals surface area contributed by atoms with Crippen molar-refractivity contribution in [2.24, 2.45) is 0 Å². The number of hydrogen-bond acceptors (Lipinski definition) is 6. The van der Waals surface area contributed by atoms with Crippen LogP contribution in [0.3, 0.4) is 0 Å². The van der Waals surface area contributed by atoms with E-state index in [1.165, 1.54) is 4.31 Å². The van der Waals surface area contributed by atoms with Gasteiger partial charge in [0.25, 0.3) is 5.56 Å². The number of hydrogen-bond donors (Lipinski definition) is 1. The fourth-order valence-corrected chi connectivity index (χ4v) is 6.65. The number of aromatic amines is 1. The van der Waals surface area contributed by atoms with E-state index in [0.717, 1.165) is 16.5 Å². The highest BCUT2D eigenvalue weighted by Crippen LogP contribution is 2.34. The second kappa shape index (κ2) is 9.57. The van der Waals surface area contributed by atoms with E-state index in [-0.39, 0.29) is 30.3 Å². The number of pyridine rings is 1. The summed E-state index contributed by atoms with van der Waals surface area (Å²) < 4.78 is 45.7. The molecule has 8 nitrogen and oxygen atoms in total. The van der Waals surface area contributed by atoms with E-state index in [9.17, 15) is 13.2 Å². The van der Waals surface area contributed by atoms with Crippen LogP contribution >= 0.6 is 0 Å². The number of nitrogens with one attached hydrogen (secondary N) is 1. The van der Waals surface area contributed by atoms with Crippen LogP contribution in [0, 0.1) is 20.8 Å². The molecular formula is C28H28N2O6S. The maximum atomic E-state index is 14.1. The Morgan fingerprint density at radius 2 is 1.65 bits per heavy atom. The third-order valence-corrected chi connectivity index (χ3v) is 8.57. The van der Waals surface area contributed by atoms with Crippen molar-refractivity contribution in [3.05, 3.63) is 92.8 Å². The van der Waals surface area contributed by atoms with Crippen LogP contribution in [0.4, 0.5) is 0 Å². The first-order chi connectivity index (χ1) is 17.7. The molecule has 0 atom stereocenters. The van der Waals surface area contributed by atoms with Crippen molar-refractivity contribution < 1.29 is 22.6 Å². The van der Waals surface area contributed by atoms with E-state index >= 15 is 0 Å². The fraction of sp³-hybridized carbons (Fsp3) is 0.250. The van der Waals surface area contributed by atoms with Gasteiger partial charge in [-0.1, -0.05) is 23.8 Å². The lowest BCUT2D eigenvalue weighted by Gasteiger charge is -2.25. The number of fused-ring (bicyclic) bond motifs is 2. The summed E-state index contributed by atoms with van der Waals surface area (Å²) in [6, 6.07) is 16.2. The summed E-state index contributed by atoms with van der Waals surface area (Å²) >= 11 is 0. The van der Waals surface area contributed by atoms with Gasteiger partial charge in [0, 0.05) is 24.7 Å². The second-order valence-corrected chi connectivity index (χ2v) is 11.1. The van der Waals surface area contributed by atoms with Gasteiger partial charge in [-0.15, -0.1) is 0 Å². The highest BCUT2D eigenvalue weighted by atomic mass is 32.2. The summed E-state index contributed by atoms with van der Waals surface area (Å²) in [7, 11) is -2.42. The van der Waals surface area contributed by atoms with Crippen LogP contribution in [0.2, 0.25) is 0 Å². The lowest BCUT2D eigenvalue weighted by atomic mass is 10.1. The topological polar surface area (TPSA) is 97.9 Å². The van der Waals surface area contributed by atoms with Crippen molar-refractivity contribution in [2.45, 2.75) is 38.8 Å². The fourth-order valence-electron chi connectivity index (χ4n) is 4.83. The highest BCUT2D eigenvalue weighted by molar-refractivity contribution is 7.89. The van der Waals surface area contributed by atoms with Crippen LogP contribution in [-0.2, 0) is 23.1 Å². The molecule has 0 bridgehead atoms. The van der Waals surface area contributed by atoms with Gasteiger partial charge in [0.05, 0.1) is 17.5 Å². The number of H-pyrrole nitrogens is 1. The Hall–Kier alpha value is -3.82. The zero-order valence-corrected chi connectivity index (χ0v) is 21.9. The van der Waals surface area contributed by atoms with E-state index in [4.69, 9.17) is 14.2 Å². The van der Waals surface area contributed by atoms with E-state index in [0.29, 0.717) is 39.5 Å². The number of nitrogens with zero attached hydrogens (tertiary/aromatic N) is 1. The summed E-state index contributed by atoms with van der Waals surface area (Å²) in [6.07, 6.45) is 0. The van der Waals surface area contributed by atoms with Gasteiger partial charge in [-0.3, -0.25) is 4.79 Å². The van der Waals surface area contributed by atoms with Gasteiger partial charge in [0.2, 0.25) is 16.8 Å². The smallest absolute Gasteiger partial charge is 0.252 e. The third kappa shape index (κ3) is 4.80. The van der Waals surface area contributed by atoms with Gasteiger partial charge >= 0.3 is 0 Å². The molecule has 0 unspecified atom stereocenters. The minimum absolute atomic E-state index is 0.0474. The van der Waals surface area contributed by atoms with Crippen molar-refractivity contribution in [2.75, 3.05) is 13.9 Å².